The van der Waals surface area contributed by atoms with Gasteiger partial charge in [-0.1, -0.05) is 18.2 Å². The Morgan fingerprint density at radius 1 is 1.08 bits per heavy atom. The molecular weight excluding hydrogens is 458 g/mol. The number of carbonyl (C=O) groups is 3. The lowest BCUT2D eigenvalue weighted by Crippen LogP contribution is -2.32. The maximum Gasteiger partial charge on any atom is 0.256 e. The fourth-order valence-electron chi connectivity index (χ4n) is 4.58. The number of benzene rings is 1. The van der Waals surface area contributed by atoms with E-state index in [9.17, 15) is 14.4 Å². The van der Waals surface area contributed by atoms with Crippen LogP contribution in [0.1, 0.15) is 48.4 Å². The number of aromatic nitrogens is 4. The SMILES string of the molecule is CC(=O)CC(=O)N1CCCC1c1nc(-c2ccc(C(=O)Nc3ccccn3)cc2)c2c(N)nccn12. The number of carbonyl (C=O) groups excluding carboxylic acids is 3. The van der Waals surface area contributed by atoms with E-state index in [0.29, 0.717) is 40.8 Å². The van der Waals surface area contributed by atoms with E-state index in [4.69, 9.17) is 10.7 Å². The molecule has 2 amide bonds. The summed E-state index contributed by atoms with van der Waals surface area (Å²) in [6, 6.07) is 12.0. The summed E-state index contributed by atoms with van der Waals surface area (Å²) in [7, 11) is 0. The van der Waals surface area contributed by atoms with Crippen molar-refractivity contribution in [2.24, 2.45) is 0 Å². The first-order chi connectivity index (χ1) is 17.4. The number of likely N-dealkylation sites (tertiary alicyclic amines) is 1. The van der Waals surface area contributed by atoms with Gasteiger partial charge in [0.05, 0.1) is 12.5 Å². The Labute approximate surface area is 207 Å². The minimum absolute atomic E-state index is 0.127. The molecule has 10 nitrogen and oxygen atoms in total. The second-order valence-electron chi connectivity index (χ2n) is 8.72. The lowest BCUT2D eigenvalue weighted by Gasteiger charge is -2.23. The first-order valence-electron chi connectivity index (χ1n) is 11.7. The van der Waals surface area contributed by atoms with E-state index in [-0.39, 0.29) is 30.1 Å². The van der Waals surface area contributed by atoms with Gasteiger partial charge in [0.15, 0.2) is 0 Å². The standard InChI is InChI=1S/C26H25N7O3/c1-16(34)15-21(35)32-13-4-5-19(32)25-31-22(23-24(27)29-12-14-33(23)25)17-7-9-18(10-8-17)26(36)30-20-6-2-3-11-28-20/h2-3,6-12,14,19H,4-5,13,15H2,1H3,(H2,27,29)(H,28,30,36). The number of nitrogens with two attached hydrogens (primary N) is 1. The van der Waals surface area contributed by atoms with Gasteiger partial charge in [-0.2, -0.15) is 0 Å². The molecule has 1 aromatic carbocycles. The Kier molecular flexibility index (Phi) is 6.16. The van der Waals surface area contributed by atoms with Crippen LogP contribution in [0.4, 0.5) is 11.6 Å². The number of Topliss-reactive ketones (excluding diaryl/α,β-unsaturated/α-hetero) is 1. The molecule has 0 saturated carbocycles. The van der Waals surface area contributed by atoms with Gasteiger partial charge in [0, 0.05) is 36.3 Å². The number of pyridine rings is 1. The van der Waals surface area contributed by atoms with E-state index in [0.717, 1.165) is 18.4 Å². The lowest BCUT2D eigenvalue weighted by atomic mass is 10.1. The maximum absolute atomic E-state index is 12.7. The number of nitrogen functional groups attached to an aromatic ring is 1. The van der Waals surface area contributed by atoms with Gasteiger partial charge in [0.2, 0.25) is 5.91 Å². The van der Waals surface area contributed by atoms with Crippen molar-refractivity contribution in [3.63, 3.8) is 0 Å². The van der Waals surface area contributed by atoms with Crippen molar-refractivity contribution < 1.29 is 14.4 Å². The number of amides is 2. The molecule has 3 aromatic heterocycles. The van der Waals surface area contributed by atoms with E-state index in [1.165, 1.54) is 6.92 Å². The number of nitrogens with zero attached hydrogens (tertiary/aromatic N) is 5. The Hall–Kier alpha value is -4.60. The Morgan fingerprint density at radius 3 is 2.61 bits per heavy atom. The Balaban J connectivity index is 1.49. The average molecular weight is 484 g/mol. The van der Waals surface area contributed by atoms with Gasteiger partial charge in [0.25, 0.3) is 5.91 Å². The number of rotatable bonds is 6. The first kappa shape index (κ1) is 23.2. The normalized spacial score (nSPS) is 15.2. The third-order valence-electron chi connectivity index (χ3n) is 6.21. The van der Waals surface area contributed by atoms with Crippen LogP contribution in [0.5, 0.6) is 0 Å². The van der Waals surface area contributed by atoms with Crippen molar-refractivity contribution in [2.75, 3.05) is 17.6 Å². The highest BCUT2D eigenvalue weighted by Crippen LogP contribution is 2.36. The van der Waals surface area contributed by atoms with Gasteiger partial charge in [-0.15, -0.1) is 0 Å². The fourth-order valence-corrected chi connectivity index (χ4v) is 4.58. The number of fused-ring (bicyclic) bond motifs is 1. The molecule has 5 rings (SSSR count). The lowest BCUT2D eigenvalue weighted by molar-refractivity contribution is -0.135. The average Bonchev–Trinajstić information content (AvgIpc) is 3.50. The molecule has 0 radical (unpaired) electrons. The molecule has 1 fully saturated rings. The van der Waals surface area contributed by atoms with Crippen molar-refractivity contribution in [1.82, 2.24) is 24.3 Å². The van der Waals surface area contributed by atoms with Crippen LogP contribution >= 0.6 is 0 Å². The van der Waals surface area contributed by atoms with Gasteiger partial charge < -0.3 is 16.0 Å². The predicted molar refractivity (Wildman–Crippen MR) is 134 cm³/mol. The quantitative estimate of drug-likeness (QED) is 0.402. The summed E-state index contributed by atoms with van der Waals surface area (Å²) < 4.78 is 1.86. The second-order valence-corrected chi connectivity index (χ2v) is 8.72. The molecule has 182 valence electrons. The Morgan fingerprint density at radius 2 is 1.89 bits per heavy atom. The Bertz CT molecular complexity index is 1450. The summed E-state index contributed by atoms with van der Waals surface area (Å²) in [5, 5.41) is 2.77. The van der Waals surface area contributed by atoms with Crippen LogP contribution in [0.3, 0.4) is 0 Å². The van der Waals surface area contributed by atoms with E-state index in [1.807, 2.05) is 4.40 Å². The van der Waals surface area contributed by atoms with Crippen molar-refractivity contribution in [1.29, 1.82) is 0 Å². The summed E-state index contributed by atoms with van der Waals surface area (Å²) in [4.78, 5) is 51.9. The molecule has 1 aliphatic rings. The molecule has 1 saturated heterocycles. The molecule has 1 aliphatic heterocycles. The van der Waals surface area contributed by atoms with Crippen LogP contribution < -0.4 is 11.1 Å². The van der Waals surface area contributed by atoms with E-state index in [2.05, 4.69) is 15.3 Å². The van der Waals surface area contributed by atoms with Crippen LogP contribution in [0.15, 0.2) is 61.1 Å². The van der Waals surface area contributed by atoms with E-state index in [1.54, 1.807) is 66.0 Å². The number of hydrogen-bond donors (Lipinski definition) is 2. The zero-order valence-electron chi connectivity index (χ0n) is 19.7. The van der Waals surface area contributed by atoms with Crippen LogP contribution in [-0.2, 0) is 9.59 Å². The minimum Gasteiger partial charge on any atom is -0.382 e. The van der Waals surface area contributed by atoms with Gasteiger partial charge in [-0.3, -0.25) is 18.8 Å². The third-order valence-corrected chi connectivity index (χ3v) is 6.21. The zero-order chi connectivity index (χ0) is 25.2. The zero-order valence-corrected chi connectivity index (χ0v) is 19.7. The van der Waals surface area contributed by atoms with Crippen molar-refractivity contribution in [2.45, 2.75) is 32.2 Å². The van der Waals surface area contributed by atoms with Crippen molar-refractivity contribution in [3.05, 3.63) is 72.4 Å². The van der Waals surface area contributed by atoms with Gasteiger partial charge in [-0.25, -0.2) is 15.0 Å². The highest BCUT2D eigenvalue weighted by Gasteiger charge is 2.34. The van der Waals surface area contributed by atoms with Gasteiger partial charge in [-0.05, 0) is 44.0 Å². The molecule has 0 aliphatic carbocycles. The highest BCUT2D eigenvalue weighted by atomic mass is 16.2. The third kappa shape index (κ3) is 4.40. The molecule has 4 aromatic rings. The van der Waals surface area contributed by atoms with Crippen LogP contribution in [0, 0.1) is 0 Å². The topological polar surface area (TPSA) is 136 Å². The maximum atomic E-state index is 12.7. The molecular formula is C26H25N7O3. The number of imidazole rings is 1. The number of hydrogen-bond acceptors (Lipinski definition) is 7. The summed E-state index contributed by atoms with van der Waals surface area (Å²) in [5.74, 6) is 0.801. The number of ketones is 1. The molecule has 10 heteroatoms. The summed E-state index contributed by atoms with van der Waals surface area (Å²) in [5.41, 5.74) is 8.73. The molecule has 3 N–H and O–H groups in total. The molecule has 1 unspecified atom stereocenters. The number of anilines is 2. The minimum atomic E-state index is -0.276. The van der Waals surface area contributed by atoms with Gasteiger partial charge >= 0.3 is 0 Å². The van der Waals surface area contributed by atoms with E-state index >= 15 is 0 Å². The first-order valence-corrected chi connectivity index (χ1v) is 11.7. The van der Waals surface area contributed by atoms with Crippen LogP contribution in [0.25, 0.3) is 16.8 Å². The molecule has 1 atom stereocenters. The smallest absolute Gasteiger partial charge is 0.256 e. The monoisotopic (exact) mass is 483 g/mol. The molecule has 0 bridgehead atoms. The molecule has 36 heavy (non-hydrogen) atoms. The second kappa shape index (κ2) is 9.57. The molecule has 4 heterocycles. The largest absolute Gasteiger partial charge is 0.382 e. The molecule has 0 spiro atoms. The van der Waals surface area contributed by atoms with Crippen molar-refractivity contribution >= 4 is 34.8 Å². The summed E-state index contributed by atoms with van der Waals surface area (Å²) in [6.45, 7) is 1.99. The van der Waals surface area contributed by atoms with Crippen molar-refractivity contribution in [3.8, 4) is 11.3 Å². The van der Waals surface area contributed by atoms with Crippen LogP contribution in [-0.4, -0.2) is 48.4 Å². The van der Waals surface area contributed by atoms with Crippen LogP contribution in [0.2, 0.25) is 0 Å². The fraction of sp³-hybridized carbons (Fsp3) is 0.231. The summed E-state index contributed by atoms with van der Waals surface area (Å²) in [6.07, 6.45) is 6.41. The number of nitrogens with one attached hydrogen (secondary N) is 1. The van der Waals surface area contributed by atoms with Gasteiger partial charge in [0.1, 0.15) is 34.5 Å². The summed E-state index contributed by atoms with van der Waals surface area (Å²) >= 11 is 0. The van der Waals surface area contributed by atoms with E-state index < -0.39 is 0 Å². The highest BCUT2D eigenvalue weighted by molar-refractivity contribution is 6.04. The predicted octanol–water partition coefficient (Wildman–Crippen LogP) is 3.27.